The molecule has 22 heavy (non-hydrogen) atoms. The number of aryl methyl sites for hydroxylation is 1. The maximum absolute atomic E-state index is 11.9. The second-order valence-corrected chi connectivity index (χ2v) is 5.63. The van der Waals surface area contributed by atoms with Gasteiger partial charge in [-0.1, -0.05) is 6.92 Å². The van der Waals surface area contributed by atoms with Crippen molar-refractivity contribution in [1.29, 1.82) is 0 Å². The van der Waals surface area contributed by atoms with Gasteiger partial charge in [0.15, 0.2) is 5.65 Å². The van der Waals surface area contributed by atoms with Gasteiger partial charge >= 0.3 is 5.69 Å². The lowest BCUT2D eigenvalue weighted by Crippen LogP contribution is -2.44. The number of aromatic nitrogens is 4. The molecule has 1 aliphatic rings. The molecular weight excluding hydrogens is 284 g/mol. The third-order valence-corrected chi connectivity index (χ3v) is 4.00. The van der Waals surface area contributed by atoms with E-state index in [1.54, 1.807) is 0 Å². The molecule has 2 aromatic heterocycles. The van der Waals surface area contributed by atoms with Crippen molar-refractivity contribution in [2.45, 2.75) is 26.3 Å². The van der Waals surface area contributed by atoms with Crippen LogP contribution in [0.4, 0.5) is 0 Å². The molecule has 8 nitrogen and oxygen atoms in total. The summed E-state index contributed by atoms with van der Waals surface area (Å²) in [7, 11) is 0. The van der Waals surface area contributed by atoms with Crippen LogP contribution in [-0.4, -0.2) is 57.1 Å². The van der Waals surface area contributed by atoms with Gasteiger partial charge in [0.05, 0.1) is 0 Å². The summed E-state index contributed by atoms with van der Waals surface area (Å²) in [6.45, 7) is 7.52. The Labute approximate surface area is 127 Å². The van der Waals surface area contributed by atoms with Crippen molar-refractivity contribution in [1.82, 2.24) is 29.7 Å². The van der Waals surface area contributed by atoms with E-state index in [9.17, 15) is 9.59 Å². The van der Waals surface area contributed by atoms with E-state index in [2.05, 4.69) is 25.2 Å². The molecule has 0 aromatic carbocycles. The number of hydrogen-bond donors (Lipinski definition) is 3. The molecule has 0 aliphatic carbocycles. The molecule has 120 valence electrons. The highest BCUT2D eigenvalue weighted by atomic mass is 16.2. The van der Waals surface area contributed by atoms with Crippen molar-refractivity contribution in [3.05, 3.63) is 26.7 Å². The molecule has 3 heterocycles. The van der Waals surface area contributed by atoms with Crippen LogP contribution in [0.2, 0.25) is 0 Å². The zero-order valence-corrected chi connectivity index (χ0v) is 12.8. The number of nitrogens with zero attached hydrogens (tertiary/aromatic N) is 3. The number of rotatable bonds is 5. The summed E-state index contributed by atoms with van der Waals surface area (Å²) in [6, 6.07) is 0. The lowest BCUT2D eigenvalue weighted by Gasteiger charge is -2.26. The van der Waals surface area contributed by atoms with E-state index in [1.165, 1.54) is 4.57 Å². The monoisotopic (exact) mass is 306 g/mol. The highest BCUT2D eigenvalue weighted by molar-refractivity contribution is 5.69. The Hall–Kier alpha value is -1.93. The minimum atomic E-state index is -0.395. The Morgan fingerprint density at radius 2 is 1.91 bits per heavy atom. The van der Waals surface area contributed by atoms with Crippen molar-refractivity contribution in [3.63, 3.8) is 0 Å². The van der Waals surface area contributed by atoms with Crippen LogP contribution < -0.4 is 16.6 Å². The van der Waals surface area contributed by atoms with Gasteiger partial charge in [0, 0.05) is 45.7 Å². The SMILES string of the molecule is CCCn1c(=O)[nH]c(=O)c2[nH]c(CCN3CCNCC3)nc21. The van der Waals surface area contributed by atoms with Crippen LogP contribution in [0.15, 0.2) is 9.59 Å². The van der Waals surface area contributed by atoms with Crippen LogP contribution in [0, 0.1) is 0 Å². The molecule has 1 aliphatic heterocycles. The van der Waals surface area contributed by atoms with E-state index in [4.69, 9.17) is 0 Å². The topological polar surface area (TPSA) is 98.8 Å². The molecule has 0 amide bonds. The fraction of sp³-hybridized carbons (Fsp3) is 0.643. The average Bonchev–Trinajstić information content (AvgIpc) is 2.95. The minimum Gasteiger partial charge on any atom is -0.336 e. The van der Waals surface area contributed by atoms with Gasteiger partial charge in [-0.05, 0) is 6.42 Å². The third-order valence-electron chi connectivity index (χ3n) is 4.00. The van der Waals surface area contributed by atoms with Gasteiger partial charge in [-0.2, -0.15) is 0 Å². The number of H-pyrrole nitrogens is 2. The number of nitrogens with one attached hydrogen (secondary N) is 3. The summed E-state index contributed by atoms with van der Waals surface area (Å²) in [5, 5.41) is 3.32. The Bertz CT molecular complexity index is 753. The van der Waals surface area contributed by atoms with Gasteiger partial charge in [0.2, 0.25) is 0 Å². The van der Waals surface area contributed by atoms with Crippen LogP contribution in [0.3, 0.4) is 0 Å². The van der Waals surface area contributed by atoms with Gasteiger partial charge in [0.25, 0.3) is 5.56 Å². The predicted octanol–water partition coefficient (Wildman–Crippen LogP) is -0.729. The maximum atomic E-state index is 11.9. The predicted molar refractivity (Wildman–Crippen MR) is 84.3 cm³/mol. The zero-order valence-electron chi connectivity index (χ0n) is 12.8. The average molecular weight is 306 g/mol. The molecule has 0 unspecified atom stereocenters. The highest BCUT2D eigenvalue weighted by Crippen LogP contribution is 2.07. The van der Waals surface area contributed by atoms with Gasteiger partial charge in [-0.3, -0.25) is 14.3 Å². The number of aromatic amines is 2. The molecule has 2 aromatic rings. The molecule has 0 radical (unpaired) electrons. The summed E-state index contributed by atoms with van der Waals surface area (Å²) >= 11 is 0. The van der Waals surface area contributed by atoms with Gasteiger partial charge < -0.3 is 15.2 Å². The zero-order chi connectivity index (χ0) is 15.5. The molecule has 0 bridgehead atoms. The summed E-state index contributed by atoms with van der Waals surface area (Å²) in [5.41, 5.74) is 0.0713. The Morgan fingerprint density at radius 3 is 2.64 bits per heavy atom. The third kappa shape index (κ3) is 2.97. The first-order chi connectivity index (χ1) is 10.7. The molecule has 0 spiro atoms. The maximum Gasteiger partial charge on any atom is 0.330 e. The fourth-order valence-electron chi connectivity index (χ4n) is 2.84. The van der Waals surface area contributed by atoms with Crippen molar-refractivity contribution in [2.24, 2.45) is 0 Å². The van der Waals surface area contributed by atoms with E-state index in [1.807, 2.05) is 6.92 Å². The van der Waals surface area contributed by atoms with Gasteiger partial charge in [-0.15, -0.1) is 0 Å². The first kappa shape index (κ1) is 15.0. The Balaban J connectivity index is 1.85. The molecular formula is C14H22N6O2. The minimum absolute atomic E-state index is 0.389. The van der Waals surface area contributed by atoms with Gasteiger partial charge in [-0.25, -0.2) is 9.78 Å². The normalized spacial score (nSPS) is 16.4. The van der Waals surface area contributed by atoms with E-state index in [-0.39, 0.29) is 5.69 Å². The first-order valence-electron chi connectivity index (χ1n) is 7.84. The van der Waals surface area contributed by atoms with Crippen molar-refractivity contribution in [3.8, 4) is 0 Å². The highest BCUT2D eigenvalue weighted by Gasteiger charge is 2.14. The lowest BCUT2D eigenvalue weighted by molar-refractivity contribution is 0.242. The van der Waals surface area contributed by atoms with Crippen molar-refractivity contribution in [2.75, 3.05) is 32.7 Å². The standard InChI is InChI=1S/C14H22N6O2/c1-2-6-20-12-11(13(21)18-14(20)22)16-10(17-12)3-7-19-8-4-15-5-9-19/h15H,2-9H2,1H3,(H,16,17)(H,18,21,22). The number of hydrogen-bond acceptors (Lipinski definition) is 5. The second kappa shape index (κ2) is 6.45. The van der Waals surface area contributed by atoms with Crippen molar-refractivity contribution < 1.29 is 0 Å². The van der Waals surface area contributed by atoms with Crippen LogP contribution in [0.5, 0.6) is 0 Å². The number of piperazine rings is 1. The molecule has 0 atom stereocenters. The van der Waals surface area contributed by atoms with Crippen LogP contribution in [-0.2, 0) is 13.0 Å². The fourth-order valence-corrected chi connectivity index (χ4v) is 2.84. The second-order valence-electron chi connectivity index (χ2n) is 5.63. The van der Waals surface area contributed by atoms with E-state index >= 15 is 0 Å². The van der Waals surface area contributed by atoms with E-state index < -0.39 is 5.56 Å². The molecule has 3 N–H and O–H groups in total. The van der Waals surface area contributed by atoms with E-state index in [0.717, 1.165) is 51.4 Å². The Morgan fingerprint density at radius 1 is 1.14 bits per heavy atom. The van der Waals surface area contributed by atoms with Crippen molar-refractivity contribution >= 4 is 11.2 Å². The quantitative estimate of drug-likeness (QED) is 0.676. The van der Waals surface area contributed by atoms with Gasteiger partial charge in [0.1, 0.15) is 11.3 Å². The smallest absolute Gasteiger partial charge is 0.330 e. The van der Waals surface area contributed by atoms with Crippen LogP contribution >= 0.6 is 0 Å². The molecule has 3 rings (SSSR count). The lowest BCUT2D eigenvalue weighted by atomic mass is 10.3. The molecule has 1 saturated heterocycles. The number of imidazole rings is 1. The first-order valence-corrected chi connectivity index (χ1v) is 7.84. The Kier molecular flexibility index (Phi) is 4.39. The van der Waals surface area contributed by atoms with E-state index in [0.29, 0.717) is 17.7 Å². The summed E-state index contributed by atoms with van der Waals surface area (Å²) in [6.07, 6.45) is 1.55. The summed E-state index contributed by atoms with van der Waals surface area (Å²) in [5.74, 6) is 0.759. The number of fused-ring (bicyclic) bond motifs is 1. The van der Waals surface area contributed by atoms with Crippen LogP contribution in [0.25, 0.3) is 11.2 Å². The largest absolute Gasteiger partial charge is 0.336 e. The molecule has 0 saturated carbocycles. The summed E-state index contributed by atoms with van der Waals surface area (Å²) < 4.78 is 1.53. The summed E-state index contributed by atoms with van der Waals surface area (Å²) in [4.78, 5) is 36.1. The molecule has 1 fully saturated rings. The van der Waals surface area contributed by atoms with Crippen LogP contribution in [0.1, 0.15) is 19.2 Å². The molecule has 8 heteroatoms.